The van der Waals surface area contributed by atoms with E-state index in [-0.39, 0.29) is 18.5 Å². The minimum Gasteiger partial charge on any atom is -0.389 e. The van der Waals surface area contributed by atoms with E-state index >= 15 is 0 Å². The molecule has 1 heterocycles. The van der Waals surface area contributed by atoms with Gasteiger partial charge in [0.2, 0.25) is 5.91 Å². The zero-order valence-electron chi connectivity index (χ0n) is 9.99. The van der Waals surface area contributed by atoms with Gasteiger partial charge >= 0.3 is 6.03 Å². The Morgan fingerprint density at radius 2 is 2.12 bits per heavy atom. The van der Waals surface area contributed by atoms with E-state index in [9.17, 15) is 14.7 Å². The Hall–Kier alpha value is -1.14. The van der Waals surface area contributed by atoms with Crippen LogP contribution in [0, 0.1) is 0 Å². The van der Waals surface area contributed by atoms with Gasteiger partial charge in [0.1, 0.15) is 0 Å². The molecule has 0 saturated carbocycles. The molecule has 0 aliphatic carbocycles. The molecule has 0 aromatic rings. The van der Waals surface area contributed by atoms with Crippen LogP contribution in [0.5, 0.6) is 0 Å². The molecule has 6 heteroatoms. The Bertz CT molecular complexity index is 270. The molecule has 0 radical (unpaired) electrons. The number of imide groups is 1. The van der Waals surface area contributed by atoms with Crippen LogP contribution >= 0.6 is 0 Å². The van der Waals surface area contributed by atoms with E-state index in [1.165, 1.54) is 4.90 Å². The maximum atomic E-state index is 11.3. The number of nitrogens with zero attached hydrogens (tertiary/aromatic N) is 2. The summed E-state index contributed by atoms with van der Waals surface area (Å²) in [7, 11) is 1.84. The number of hydrogen-bond acceptors (Lipinski definition) is 4. The Balaban J connectivity index is 2.34. The summed E-state index contributed by atoms with van der Waals surface area (Å²) in [6.45, 7) is 4.94. The van der Waals surface area contributed by atoms with Crippen LogP contribution in [0.1, 0.15) is 13.8 Å². The third-order valence-corrected chi connectivity index (χ3v) is 2.30. The fourth-order valence-corrected chi connectivity index (χ4v) is 1.69. The number of nitrogens with one attached hydrogen (secondary N) is 1. The first-order valence-electron chi connectivity index (χ1n) is 5.29. The van der Waals surface area contributed by atoms with Crippen molar-refractivity contribution in [1.29, 1.82) is 0 Å². The third-order valence-electron chi connectivity index (χ3n) is 2.30. The fraction of sp³-hybridized carbons (Fsp3) is 0.800. The van der Waals surface area contributed by atoms with Crippen molar-refractivity contribution in [1.82, 2.24) is 15.1 Å². The summed E-state index contributed by atoms with van der Waals surface area (Å²) in [6.07, 6.45) is 0. The van der Waals surface area contributed by atoms with Gasteiger partial charge in [0, 0.05) is 19.6 Å². The van der Waals surface area contributed by atoms with Gasteiger partial charge in [-0.05, 0) is 20.9 Å². The normalized spacial score (nSPS) is 17.2. The molecule has 0 aromatic carbocycles. The van der Waals surface area contributed by atoms with E-state index < -0.39 is 5.60 Å². The molecule has 1 aliphatic heterocycles. The molecule has 3 amide bonds. The van der Waals surface area contributed by atoms with Crippen LogP contribution in [0.15, 0.2) is 0 Å². The molecule has 1 fully saturated rings. The van der Waals surface area contributed by atoms with Gasteiger partial charge in [-0.2, -0.15) is 0 Å². The number of hydrogen-bond donors (Lipinski definition) is 2. The molecule has 1 saturated heterocycles. The maximum absolute atomic E-state index is 11.3. The van der Waals surface area contributed by atoms with Crippen LogP contribution in [-0.4, -0.2) is 65.7 Å². The quantitative estimate of drug-likeness (QED) is 0.608. The molecule has 0 aromatic heterocycles. The zero-order chi connectivity index (χ0) is 12.3. The Kier molecular flexibility index (Phi) is 3.88. The first kappa shape index (κ1) is 12.9. The fourth-order valence-electron chi connectivity index (χ4n) is 1.69. The number of carbonyl (C=O) groups is 2. The average molecular weight is 229 g/mol. The molecule has 6 nitrogen and oxygen atoms in total. The molecular weight excluding hydrogens is 210 g/mol. The number of likely N-dealkylation sites (N-methyl/N-ethyl adjacent to an activating group) is 1. The summed E-state index contributed by atoms with van der Waals surface area (Å²) in [6, 6.07) is -0.332. The second kappa shape index (κ2) is 4.80. The summed E-state index contributed by atoms with van der Waals surface area (Å²) >= 11 is 0. The van der Waals surface area contributed by atoms with Crippen LogP contribution in [0.3, 0.4) is 0 Å². The van der Waals surface area contributed by atoms with Crippen molar-refractivity contribution in [2.45, 2.75) is 19.4 Å². The minimum absolute atomic E-state index is 0.0913. The number of amides is 3. The van der Waals surface area contributed by atoms with Crippen LogP contribution in [0.4, 0.5) is 4.79 Å². The van der Waals surface area contributed by atoms with E-state index in [1.807, 2.05) is 11.9 Å². The molecule has 0 atom stereocenters. The molecular formula is C10H19N3O3. The molecule has 0 unspecified atom stereocenters. The van der Waals surface area contributed by atoms with E-state index in [4.69, 9.17) is 0 Å². The molecule has 2 N–H and O–H groups in total. The van der Waals surface area contributed by atoms with Crippen LogP contribution < -0.4 is 5.32 Å². The summed E-state index contributed by atoms with van der Waals surface area (Å²) in [5, 5.41) is 12.0. The lowest BCUT2D eigenvalue weighted by Gasteiger charge is -2.26. The van der Waals surface area contributed by atoms with Gasteiger partial charge in [-0.1, -0.05) is 0 Å². The topological polar surface area (TPSA) is 72.9 Å². The van der Waals surface area contributed by atoms with Crippen molar-refractivity contribution < 1.29 is 14.7 Å². The second-order valence-electron chi connectivity index (χ2n) is 4.75. The standard InChI is InChI=1S/C10H19N3O3/c1-10(2,16)7-12(3)4-5-13-8(14)6-11-9(13)15/h16H,4-7H2,1-3H3,(H,11,15). The SMILES string of the molecule is CN(CCN1C(=O)CNC1=O)CC(C)(C)O. The van der Waals surface area contributed by atoms with Crippen molar-refractivity contribution in [2.75, 3.05) is 33.2 Å². The molecule has 1 rings (SSSR count). The molecule has 0 spiro atoms. The maximum Gasteiger partial charge on any atom is 0.324 e. The van der Waals surface area contributed by atoms with E-state index in [2.05, 4.69) is 5.32 Å². The van der Waals surface area contributed by atoms with Gasteiger partial charge in [-0.15, -0.1) is 0 Å². The van der Waals surface area contributed by atoms with E-state index in [0.717, 1.165) is 0 Å². The van der Waals surface area contributed by atoms with Gasteiger partial charge in [0.05, 0.1) is 12.1 Å². The van der Waals surface area contributed by atoms with Crippen LogP contribution in [-0.2, 0) is 4.79 Å². The predicted molar refractivity (Wildman–Crippen MR) is 58.9 cm³/mol. The number of aliphatic hydroxyl groups is 1. The summed E-state index contributed by atoms with van der Waals surface area (Å²) in [5.41, 5.74) is -0.772. The van der Waals surface area contributed by atoms with Crippen molar-refractivity contribution in [2.24, 2.45) is 0 Å². The highest BCUT2D eigenvalue weighted by Crippen LogP contribution is 2.04. The molecule has 16 heavy (non-hydrogen) atoms. The first-order valence-corrected chi connectivity index (χ1v) is 5.29. The van der Waals surface area contributed by atoms with Crippen molar-refractivity contribution in [3.63, 3.8) is 0 Å². The number of urea groups is 1. The lowest BCUT2D eigenvalue weighted by Crippen LogP contribution is -2.42. The summed E-state index contributed by atoms with van der Waals surface area (Å²) < 4.78 is 0. The first-order chi connectivity index (χ1) is 7.29. The second-order valence-corrected chi connectivity index (χ2v) is 4.75. The van der Waals surface area contributed by atoms with Crippen molar-refractivity contribution in [3.8, 4) is 0 Å². The lowest BCUT2D eigenvalue weighted by molar-refractivity contribution is -0.125. The molecule has 0 bridgehead atoms. The lowest BCUT2D eigenvalue weighted by atomic mass is 10.1. The zero-order valence-corrected chi connectivity index (χ0v) is 9.99. The largest absolute Gasteiger partial charge is 0.389 e. The highest BCUT2D eigenvalue weighted by Gasteiger charge is 2.28. The number of carbonyl (C=O) groups excluding carboxylic acids is 2. The van der Waals surface area contributed by atoms with E-state index in [1.54, 1.807) is 13.8 Å². The van der Waals surface area contributed by atoms with Crippen molar-refractivity contribution in [3.05, 3.63) is 0 Å². The highest BCUT2D eigenvalue weighted by atomic mass is 16.3. The van der Waals surface area contributed by atoms with Gasteiger partial charge in [-0.25, -0.2) is 4.79 Å². The monoisotopic (exact) mass is 229 g/mol. The van der Waals surface area contributed by atoms with Gasteiger partial charge in [0.15, 0.2) is 0 Å². The van der Waals surface area contributed by atoms with Gasteiger partial charge in [0.25, 0.3) is 0 Å². The van der Waals surface area contributed by atoms with Crippen LogP contribution in [0.25, 0.3) is 0 Å². The molecule has 92 valence electrons. The average Bonchev–Trinajstić information content (AvgIpc) is 2.41. The summed E-state index contributed by atoms with van der Waals surface area (Å²) in [4.78, 5) is 25.5. The minimum atomic E-state index is -0.772. The Labute approximate surface area is 95.2 Å². The smallest absolute Gasteiger partial charge is 0.324 e. The summed E-state index contributed by atoms with van der Waals surface area (Å²) in [5.74, 6) is -0.193. The van der Waals surface area contributed by atoms with Gasteiger partial charge < -0.3 is 15.3 Å². The van der Waals surface area contributed by atoms with Crippen molar-refractivity contribution >= 4 is 11.9 Å². The predicted octanol–water partition coefficient (Wildman–Crippen LogP) is -0.759. The van der Waals surface area contributed by atoms with Gasteiger partial charge in [-0.3, -0.25) is 9.69 Å². The van der Waals surface area contributed by atoms with E-state index in [0.29, 0.717) is 19.6 Å². The Morgan fingerprint density at radius 3 is 2.56 bits per heavy atom. The highest BCUT2D eigenvalue weighted by molar-refractivity contribution is 6.01. The molecule has 1 aliphatic rings. The third kappa shape index (κ3) is 3.79. The Morgan fingerprint density at radius 1 is 1.50 bits per heavy atom. The number of rotatable bonds is 5. The van der Waals surface area contributed by atoms with Crippen LogP contribution in [0.2, 0.25) is 0 Å².